The van der Waals surface area contributed by atoms with Gasteiger partial charge in [0.05, 0.1) is 7.11 Å². The molecule has 0 N–H and O–H groups in total. The van der Waals surface area contributed by atoms with Crippen LogP contribution in [0.2, 0.25) is 0 Å². The molecule has 0 aliphatic carbocycles. The maximum Gasteiger partial charge on any atom is 0.130 e. The number of ether oxygens (including phenoxy) is 1. The van der Waals surface area contributed by atoms with E-state index >= 15 is 0 Å². The summed E-state index contributed by atoms with van der Waals surface area (Å²) in [6, 6.07) is 4.98. The molecule has 0 radical (unpaired) electrons. The van der Waals surface area contributed by atoms with Crippen LogP contribution >= 0.6 is 12.4 Å². The van der Waals surface area contributed by atoms with Gasteiger partial charge < -0.3 is 9.64 Å². The summed E-state index contributed by atoms with van der Waals surface area (Å²) in [5.74, 6) is 0.377. The van der Waals surface area contributed by atoms with Gasteiger partial charge in [0.25, 0.3) is 0 Å². The van der Waals surface area contributed by atoms with E-state index in [-0.39, 0.29) is 18.2 Å². The first-order valence-corrected chi connectivity index (χ1v) is 4.60. The normalized spacial score (nSPS) is 9.93. The van der Waals surface area contributed by atoms with E-state index < -0.39 is 0 Å². The van der Waals surface area contributed by atoms with Gasteiger partial charge in [-0.2, -0.15) is 0 Å². The predicted molar refractivity (Wildman–Crippen MR) is 62.5 cm³/mol. The lowest BCUT2D eigenvalue weighted by Crippen LogP contribution is -2.15. The maximum atomic E-state index is 13.4. The lowest BCUT2D eigenvalue weighted by molar-refractivity contribution is 0.403. The summed E-state index contributed by atoms with van der Waals surface area (Å²) in [5.41, 5.74) is 0.736. The van der Waals surface area contributed by atoms with E-state index in [1.165, 1.54) is 13.2 Å². The van der Waals surface area contributed by atoms with Crippen LogP contribution in [0.4, 0.5) is 4.39 Å². The van der Waals surface area contributed by atoms with Gasteiger partial charge in [-0.3, -0.25) is 0 Å². The second-order valence-electron chi connectivity index (χ2n) is 3.51. The van der Waals surface area contributed by atoms with Crippen molar-refractivity contribution in [2.75, 3.05) is 27.7 Å². The molecule has 1 rings (SSSR count). The number of halogens is 2. The zero-order valence-corrected chi connectivity index (χ0v) is 10.1. The molecule has 0 spiro atoms. The van der Waals surface area contributed by atoms with Gasteiger partial charge in [-0.05, 0) is 32.1 Å². The van der Waals surface area contributed by atoms with Gasteiger partial charge in [0.1, 0.15) is 11.6 Å². The Bertz CT molecular complexity index is 305. The summed E-state index contributed by atoms with van der Waals surface area (Å²) in [4.78, 5) is 2.03. The molecule has 0 fully saturated rings. The number of hydrogen-bond acceptors (Lipinski definition) is 2. The molecule has 2 nitrogen and oxygen atoms in total. The molecule has 0 aliphatic rings. The van der Waals surface area contributed by atoms with E-state index in [1.54, 1.807) is 12.1 Å². The van der Waals surface area contributed by atoms with E-state index in [9.17, 15) is 4.39 Å². The smallest absolute Gasteiger partial charge is 0.130 e. The number of rotatable bonds is 4. The van der Waals surface area contributed by atoms with Gasteiger partial charge in [-0.25, -0.2) is 4.39 Å². The molecule has 1 aromatic rings. The molecule has 0 unspecified atom stereocenters. The van der Waals surface area contributed by atoms with Crippen molar-refractivity contribution in [3.8, 4) is 5.75 Å². The van der Waals surface area contributed by atoms with Crippen molar-refractivity contribution in [3.63, 3.8) is 0 Å². The van der Waals surface area contributed by atoms with Gasteiger partial charge in [0.15, 0.2) is 0 Å². The Hall–Kier alpha value is -0.800. The number of hydrogen-bond donors (Lipinski definition) is 0. The maximum absolute atomic E-state index is 13.4. The van der Waals surface area contributed by atoms with Crippen molar-refractivity contribution in [2.24, 2.45) is 0 Å². The average molecular weight is 234 g/mol. The average Bonchev–Trinajstić information content (AvgIpc) is 2.15. The van der Waals surface area contributed by atoms with Gasteiger partial charge in [-0.15, -0.1) is 12.4 Å². The fourth-order valence-electron chi connectivity index (χ4n) is 1.20. The van der Waals surface area contributed by atoms with Crippen LogP contribution in [0, 0.1) is 5.82 Å². The molecule has 86 valence electrons. The van der Waals surface area contributed by atoms with Crippen LogP contribution in [0.3, 0.4) is 0 Å². The lowest BCUT2D eigenvalue weighted by Gasteiger charge is -2.10. The molecule has 0 amide bonds. The first kappa shape index (κ1) is 14.2. The predicted octanol–water partition coefficient (Wildman–Crippen LogP) is 2.36. The fourth-order valence-corrected chi connectivity index (χ4v) is 1.20. The third-order valence-corrected chi connectivity index (χ3v) is 2.09. The summed E-state index contributed by atoms with van der Waals surface area (Å²) in [5, 5.41) is 0. The van der Waals surface area contributed by atoms with Crippen LogP contribution in [0.25, 0.3) is 0 Å². The lowest BCUT2D eigenvalue weighted by atomic mass is 10.1. The van der Waals surface area contributed by atoms with Crippen molar-refractivity contribution < 1.29 is 9.13 Å². The monoisotopic (exact) mass is 233 g/mol. The van der Waals surface area contributed by atoms with E-state index in [0.717, 1.165) is 18.5 Å². The number of likely N-dealkylation sites (N-methyl/N-ethyl adjacent to an activating group) is 1. The summed E-state index contributed by atoms with van der Waals surface area (Å²) in [7, 11) is 5.48. The van der Waals surface area contributed by atoms with Crippen molar-refractivity contribution >= 4 is 12.4 Å². The third-order valence-electron chi connectivity index (χ3n) is 2.09. The largest absolute Gasteiger partial charge is 0.497 e. The Labute approximate surface area is 96.4 Å². The molecule has 0 heterocycles. The highest BCUT2D eigenvalue weighted by atomic mass is 35.5. The first-order valence-electron chi connectivity index (χ1n) is 4.60. The van der Waals surface area contributed by atoms with Crippen LogP contribution in [0.1, 0.15) is 5.56 Å². The van der Waals surface area contributed by atoms with Gasteiger partial charge in [0.2, 0.25) is 0 Å². The quantitative estimate of drug-likeness (QED) is 0.792. The zero-order chi connectivity index (χ0) is 10.6. The van der Waals surface area contributed by atoms with Crippen LogP contribution in [0.15, 0.2) is 18.2 Å². The molecule has 4 heteroatoms. The second kappa shape index (κ2) is 6.64. The Kier molecular flexibility index (Phi) is 6.29. The molecule has 0 atom stereocenters. The standard InChI is InChI=1S/C11H16FNO.ClH/c1-13(2)7-6-9-4-5-10(14-3)8-11(9)12;/h4-5,8H,6-7H2,1-3H3;1H. The van der Waals surface area contributed by atoms with Crippen molar-refractivity contribution in [1.29, 1.82) is 0 Å². The van der Waals surface area contributed by atoms with Crippen molar-refractivity contribution in [2.45, 2.75) is 6.42 Å². The van der Waals surface area contributed by atoms with Crippen LogP contribution < -0.4 is 4.74 Å². The Morgan fingerprint density at radius 1 is 1.33 bits per heavy atom. The molecule has 1 aromatic carbocycles. The van der Waals surface area contributed by atoms with Gasteiger partial charge in [0, 0.05) is 12.6 Å². The number of methoxy groups -OCH3 is 1. The van der Waals surface area contributed by atoms with E-state index in [1.807, 2.05) is 19.0 Å². The molecule has 0 aromatic heterocycles. The minimum Gasteiger partial charge on any atom is -0.497 e. The molecular formula is C11H17ClFNO. The summed E-state index contributed by atoms with van der Waals surface area (Å²) in [6.45, 7) is 0.850. The third kappa shape index (κ3) is 4.49. The highest BCUT2D eigenvalue weighted by Gasteiger charge is 2.03. The minimum absolute atomic E-state index is 0. The van der Waals surface area contributed by atoms with Gasteiger partial charge >= 0.3 is 0 Å². The van der Waals surface area contributed by atoms with Crippen LogP contribution in [0.5, 0.6) is 5.75 Å². The first-order chi connectivity index (χ1) is 6.63. The second-order valence-corrected chi connectivity index (χ2v) is 3.51. The summed E-state index contributed by atoms with van der Waals surface area (Å²) < 4.78 is 18.3. The highest BCUT2D eigenvalue weighted by Crippen LogP contribution is 2.16. The fraction of sp³-hybridized carbons (Fsp3) is 0.455. The molecule has 0 saturated heterocycles. The number of nitrogens with zero attached hydrogens (tertiary/aromatic N) is 1. The molecule has 0 saturated carbocycles. The van der Waals surface area contributed by atoms with Crippen molar-refractivity contribution in [3.05, 3.63) is 29.6 Å². The number of benzene rings is 1. The van der Waals surface area contributed by atoms with E-state index in [2.05, 4.69) is 0 Å². The highest BCUT2D eigenvalue weighted by molar-refractivity contribution is 5.85. The zero-order valence-electron chi connectivity index (χ0n) is 9.29. The molecule has 15 heavy (non-hydrogen) atoms. The summed E-state index contributed by atoms with van der Waals surface area (Å²) >= 11 is 0. The molecule has 0 bridgehead atoms. The van der Waals surface area contributed by atoms with E-state index in [0.29, 0.717) is 5.75 Å². The van der Waals surface area contributed by atoms with Gasteiger partial charge in [-0.1, -0.05) is 6.07 Å². The Morgan fingerprint density at radius 3 is 2.47 bits per heavy atom. The van der Waals surface area contributed by atoms with Crippen LogP contribution in [-0.4, -0.2) is 32.6 Å². The van der Waals surface area contributed by atoms with Crippen LogP contribution in [-0.2, 0) is 6.42 Å². The van der Waals surface area contributed by atoms with Crippen molar-refractivity contribution in [1.82, 2.24) is 4.90 Å². The Balaban J connectivity index is 0.00000196. The topological polar surface area (TPSA) is 12.5 Å². The summed E-state index contributed by atoms with van der Waals surface area (Å²) in [6.07, 6.45) is 0.725. The van der Waals surface area contributed by atoms with E-state index in [4.69, 9.17) is 4.74 Å². The minimum atomic E-state index is -0.189. The SMILES string of the molecule is COc1ccc(CCN(C)C)c(F)c1.Cl. The Morgan fingerprint density at radius 2 is 2.00 bits per heavy atom. The molecule has 0 aliphatic heterocycles. The molecular weight excluding hydrogens is 217 g/mol.